The lowest BCUT2D eigenvalue weighted by Crippen LogP contribution is -2.14. The van der Waals surface area contributed by atoms with Crippen molar-refractivity contribution in [3.8, 4) is 5.75 Å². The molecule has 26 heavy (non-hydrogen) atoms. The fourth-order valence-corrected chi connectivity index (χ4v) is 2.48. The molecule has 0 radical (unpaired) electrons. The topological polar surface area (TPSA) is 61.8 Å². The van der Waals surface area contributed by atoms with Gasteiger partial charge in [0.2, 0.25) is 0 Å². The van der Waals surface area contributed by atoms with E-state index in [-0.39, 0.29) is 32.0 Å². The standard InChI is InChI=1S/C20H29ClO5/c1-2-3-4-5-6-9-14-25-19(22)12-13-20(23)26-16-15-24-18-11-8-7-10-17(18)21/h7-8,10-11H,2-6,9,12-16H2,1H3. The Kier molecular flexibility index (Phi) is 12.4. The van der Waals surface area contributed by atoms with Crippen molar-refractivity contribution in [2.45, 2.75) is 58.3 Å². The Morgan fingerprint density at radius 2 is 1.46 bits per heavy atom. The summed E-state index contributed by atoms with van der Waals surface area (Å²) in [6.45, 7) is 2.92. The van der Waals surface area contributed by atoms with Gasteiger partial charge in [-0.05, 0) is 18.6 Å². The monoisotopic (exact) mass is 384 g/mol. The summed E-state index contributed by atoms with van der Waals surface area (Å²) >= 11 is 5.95. The van der Waals surface area contributed by atoms with Gasteiger partial charge in [0, 0.05) is 0 Å². The molecule has 0 aromatic heterocycles. The number of unbranched alkanes of at least 4 members (excludes halogenated alkanes) is 5. The number of esters is 2. The second kappa shape index (κ2) is 14.4. The van der Waals surface area contributed by atoms with Crippen molar-refractivity contribution >= 4 is 23.5 Å². The highest BCUT2D eigenvalue weighted by Crippen LogP contribution is 2.22. The van der Waals surface area contributed by atoms with E-state index in [4.69, 9.17) is 25.8 Å². The van der Waals surface area contributed by atoms with Crippen LogP contribution >= 0.6 is 11.6 Å². The Morgan fingerprint density at radius 1 is 0.846 bits per heavy atom. The van der Waals surface area contributed by atoms with E-state index < -0.39 is 5.97 Å². The van der Waals surface area contributed by atoms with Crippen molar-refractivity contribution in [3.63, 3.8) is 0 Å². The number of hydrogen-bond donors (Lipinski definition) is 0. The maximum Gasteiger partial charge on any atom is 0.306 e. The molecule has 0 aliphatic carbocycles. The molecule has 0 amide bonds. The highest BCUT2D eigenvalue weighted by Gasteiger charge is 2.09. The van der Waals surface area contributed by atoms with Gasteiger partial charge in [0.25, 0.3) is 0 Å². The molecule has 1 rings (SSSR count). The van der Waals surface area contributed by atoms with Crippen molar-refractivity contribution in [3.05, 3.63) is 29.3 Å². The van der Waals surface area contributed by atoms with Crippen molar-refractivity contribution in [1.82, 2.24) is 0 Å². The minimum Gasteiger partial charge on any atom is -0.488 e. The molecule has 1 aromatic rings. The molecule has 0 N–H and O–H groups in total. The van der Waals surface area contributed by atoms with Crippen LogP contribution in [0, 0.1) is 0 Å². The first-order chi connectivity index (χ1) is 12.6. The fourth-order valence-electron chi connectivity index (χ4n) is 2.29. The number of para-hydroxylation sites is 1. The van der Waals surface area contributed by atoms with Crippen LogP contribution in [0.15, 0.2) is 24.3 Å². The molecule has 5 nitrogen and oxygen atoms in total. The molecule has 146 valence electrons. The molecule has 0 saturated heterocycles. The lowest BCUT2D eigenvalue weighted by molar-refractivity contribution is -0.150. The minimum absolute atomic E-state index is 0.0153. The van der Waals surface area contributed by atoms with E-state index in [2.05, 4.69) is 6.92 Å². The van der Waals surface area contributed by atoms with Crippen molar-refractivity contribution in [2.75, 3.05) is 19.8 Å². The summed E-state index contributed by atoms with van der Waals surface area (Å²) in [6.07, 6.45) is 6.88. The predicted molar refractivity (Wildman–Crippen MR) is 101 cm³/mol. The predicted octanol–water partition coefficient (Wildman–Crippen LogP) is 4.95. The molecule has 0 fully saturated rings. The van der Waals surface area contributed by atoms with Gasteiger partial charge in [0.05, 0.1) is 24.5 Å². The first kappa shape index (κ1) is 22.3. The Morgan fingerprint density at radius 3 is 2.15 bits per heavy atom. The van der Waals surface area contributed by atoms with Gasteiger partial charge in [-0.2, -0.15) is 0 Å². The smallest absolute Gasteiger partial charge is 0.306 e. The van der Waals surface area contributed by atoms with E-state index in [1.54, 1.807) is 18.2 Å². The number of halogens is 1. The van der Waals surface area contributed by atoms with Gasteiger partial charge >= 0.3 is 11.9 Å². The average molecular weight is 385 g/mol. The molecular formula is C20H29ClO5. The Hall–Kier alpha value is -1.75. The van der Waals surface area contributed by atoms with Crippen molar-refractivity contribution in [1.29, 1.82) is 0 Å². The van der Waals surface area contributed by atoms with E-state index in [9.17, 15) is 9.59 Å². The zero-order valence-corrected chi connectivity index (χ0v) is 16.3. The summed E-state index contributed by atoms with van der Waals surface area (Å²) in [5.74, 6) is -0.254. The zero-order valence-electron chi connectivity index (χ0n) is 15.5. The van der Waals surface area contributed by atoms with Crippen molar-refractivity contribution < 1.29 is 23.8 Å². The molecule has 0 unspecified atom stereocenters. The van der Waals surface area contributed by atoms with Crippen LogP contribution in [0.4, 0.5) is 0 Å². The van der Waals surface area contributed by atoms with E-state index in [0.717, 1.165) is 12.8 Å². The minimum atomic E-state index is -0.440. The summed E-state index contributed by atoms with van der Waals surface area (Å²) in [4.78, 5) is 23.2. The van der Waals surface area contributed by atoms with Crippen LogP contribution < -0.4 is 4.74 Å². The Bertz CT molecular complexity index is 533. The Labute approximate surface area is 161 Å². The third-order valence-corrected chi connectivity index (χ3v) is 4.05. The van der Waals surface area contributed by atoms with E-state index in [1.165, 1.54) is 25.7 Å². The highest BCUT2D eigenvalue weighted by molar-refractivity contribution is 6.32. The molecule has 1 aromatic carbocycles. The van der Waals surface area contributed by atoms with Crippen LogP contribution in [-0.4, -0.2) is 31.8 Å². The zero-order chi connectivity index (χ0) is 19.0. The molecule has 0 heterocycles. The second-order valence-corrected chi connectivity index (χ2v) is 6.39. The molecule has 0 atom stereocenters. The van der Waals surface area contributed by atoms with Crippen LogP contribution in [0.25, 0.3) is 0 Å². The molecular weight excluding hydrogens is 356 g/mol. The lowest BCUT2D eigenvalue weighted by Gasteiger charge is -2.08. The van der Waals surface area contributed by atoms with Crippen molar-refractivity contribution in [2.24, 2.45) is 0 Å². The van der Waals surface area contributed by atoms with Crippen LogP contribution in [0.1, 0.15) is 58.3 Å². The van der Waals surface area contributed by atoms with Gasteiger partial charge in [0.1, 0.15) is 19.0 Å². The number of rotatable bonds is 14. The maximum absolute atomic E-state index is 11.6. The normalized spacial score (nSPS) is 10.4. The highest BCUT2D eigenvalue weighted by atomic mass is 35.5. The van der Waals surface area contributed by atoms with E-state index >= 15 is 0 Å². The van der Waals surface area contributed by atoms with Crippen LogP contribution in [-0.2, 0) is 19.1 Å². The summed E-state index contributed by atoms with van der Waals surface area (Å²) in [7, 11) is 0. The van der Waals surface area contributed by atoms with Gasteiger partial charge in [-0.1, -0.05) is 62.8 Å². The summed E-state index contributed by atoms with van der Waals surface area (Å²) in [5, 5.41) is 0.506. The van der Waals surface area contributed by atoms with Gasteiger partial charge in [0.15, 0.2) is 0 Å². The first-order valence-corrected chi connectivity index (χ1v) is 9.70. The Balaban J connectivity index is 1.98. The molecule has 0 saturated carbocycles. The molecule has 0 aliphatic rings. The molecule has 0 spiro atoms. The molecule has 6 heteroatoms. The molecule has 0 aliphatic heterocycles. The number of benzene rings is 1. The first-order valence-electron chi connectivity index (χ1n) is 9.32. The summed E-state index contributed by atoms with van der Waals surface area (Å²) < 4.78 is 15.5. The average Bonchev–Trinajstić information content (AvgIpc) is 2.64. The number of ether oxygens (including phenoxy) is 3. The number of carbonyl (C=O) groups is 2. The number of hydrogen-bond acceptors (Lipinski definition) is 5. The van der Waals surface area contributed by atoms with Crippen LogP contribution in [0.2, 0.25) is 5.02 Å². The largest absolute Gasteiger partial charge is 0.488 e. The van der Waals surface area contributed by atoms with Crippen LogP contribution in [0.3, 0.4) is 0 Å². The van der Waals surface area contributed by atoms with E-state index in [1.807, 2.05) is 6.07 Å². The summed E-state index contributed by atoms with van der Waals surface area (Å²) in [5.41, 5.74) is 0. The third-order valence-electron chi connectivity index (χ3n) is 3.73. The SMILES string of the molecule is CCCCCCCCOC(=O)CCC(=O)OCCOc1ccccc1Cl. The third kappa shape index (κ3) is 11.0. The summed E-state index contributed by atoms with van der Waals surface area (Å²) in [6, 6.07) is 7.08. The van der Waals surface area contributed by atoms with Gasteiger partial charge in [-0.25, -0.2) is 0 Å². The van der Waals surface area contributed by atoms with Gasteiger partial charge in [-0.3, -0.25) is 9.59 Å². The van der Waals surface area contributed by atoms with E-state index in [0.29, 0.717) is 17.4 Å². The van der Waals surface area contributed by atoms with Gasteiger partial charge < -0.3 is 14.2 Å². The molecule has 0 bridgehead atoms. The maximum atomic E-state index is 11.6. The van der Waals surface area contributed by atoms with Crippen LogP contribution in [0.5, 0.6) is 5.75 Å². The van der Waals surface area contributed by atoms with Gasteiger partial charge in [-0.15, -0.1) is 0 Å². The lowest BCUT2D eigenvalue weighted by atomic mass is 10.1. The second-order valence-electron chi connectivity index (χ2n) is 5.99. The number of carbonyl (C=O) groups excluding carboxylic acids is 2. The quantitative estimate of drug-likeness (QED) is 0.335. The fraction of sp³-hybridized carbons (Fsp3) is 0.600.